The Morgan fingerprint density at radius 2 is 1.92 bits per heavy atom. The molecule has 0 amide bonds. The number of benzene rings is 2. The third kappa shape index (κ3) is 3.58. The second kappa shape index (κ2) is 7.03. The fourth-order valence-electron chi connectivity index (χ4n) is 2.22. The molecule has 0 spiro atoms. The van der Waals surface area contributed by atoms with E-state index in [9.17, 15) is 4.79 Å². The van der Waals surface area contributed by atoms with E-state index in [4.69, 9.17) is 16.7 Å². The Hall–Kier alpha value is -2.37. The summed E-state index contributed by atoms with van der Waals surface area (Å²) in [5.74, 6) is -1.01. The molecule has 0 fully saturated rings. The molecular formula is C18H12BrClN2O2. The molecule has 0 radical (unpaired) electrons. The van der Waals surface area contributed by atoms with Crippen molar-refractivity contribution >= 4 is 45.4 Å². The lowest BCUT2D eigenvalue weighted by Gasteiger charge is -2.06. The van der Waals surface area contributed by atoms with Gasteiger partial charge in [0.05, 0.1) is 28.2 Å². The number of aliphatic imine (C=N–C) groups is 1. The van der Waals surface area contributed by atoms with E-state index in [0.29, 0.717) is 10.7 Å². The number of nitrogens with zero attached hydrogens (tertiary/aromatic N) is 2. The van der Waals surface area contributed by atoms with E-state index in [2.05, 4.69) is 20.9 Å². The van der Waals surface area contributed by atoms with Crippen molar-refractivity contribution in [2.45, 2.75) is 0 Å². The van der Waals surface area contributed by atoms with E-state index in [1.54, 1.807) is 6.21 Å². The van der Waals surface area contributed by atoms with Crippen LogP contribution in [0.15, 0.2) is 70.3 Å². The van der Waals surface area contributed by atoms with Gasteiger partial charge in [-0.25, -0.2) is 4.79 Å². The van der Waals surface area contributed by atoms with Crippen molar-refractivity contribution in [1.29, 1.82) is 0 Å². The summed E-state index contributed by atoms with van der Waals surface area (Å²) >= 11 is 9.51. The molecule has 0 aliphatic rings. The van der Waals surface area contributed by atoms with Crippen LogP contribution in [-0.4, -0.2) is 21.9 Å². The van der Waals surface area contributed by atoms with Crippen LogP contribution in [0.4, 0.5) is 5.69 Å². The third-order valence-electron chi connectivity index (χ3n) is 3.41. The standard InChI is InChI=1S/C18H12BrClN2O2/c19-13-4-6-14(7-5-13)22-9-1-2-15(22)11-21-17-10-12(18(23)24)3-8-16(17)20/h1-11H,(H,23,24). The summed E-state index contributed by atoms with van der Waals surface area (Å²) < 4.78 is 2.98. The predicted molar refractivity (Wildman–Crippen MR) is 99.1 cm³/mol. The smallest absolute Gasteiger partial charge is 0.335 e. The van der Waals surface area contributed by atoms with E-state index < -0.39 is 5.97 Å². The Morgan fingerprint density at radius 1 is 1.17 bits per heavy atom. The Bertz CT molecular complexity index is 917. The van der Waals surface area contributed by atoms with E-state index in [1.807, 2.05) is 47.2 Å². The van der Waals surface area contributed by atoms with Gasteiger partial charge in [0.2, 0.25) is 0 Å². The van der Waals surface area contributed by atoms with E-state index >= 15 is 0 Å². The van der Waals surface area contributed by atoms with Crippen LogP contribution in [0.3, 0.4) is 0 Å². The Labute approximate surface area is 152 Å². The number of carboxylic acid groups (broad SMARTS) is 1. The van der Waals surface area contributed by atoms with Gasteiger partial charge in [-0.15, -0.1) is 0 Å². The van der Waals surface area contributed by atoms with Gasteiger partial charge >= 0.3 is 5.97 Å². The maximum Gasteiger partial charge on any atom is 0.335 e. The van der Waals surface area contributed by atoms with Crippen LogP contribution in [0.1, 0.15) is 16.1 Å². The summed E-state index contributed by atoms with van der Waals surface area (Å²) in [4.78, 5) is 15.4. The first-order valence-electron chi connectivity index (χ1n) is 7.05. The molecule has 0 saturated heterocycles. The summed E-state index contributed by atoms with van der Waals surface area (Å²) in [7, 11) is 0. The quantitative estimate of drug-likeness (QED) is 0.598. The average Bonchev–Trinajstić information content (AvgIpc) is 3.03. The van der Waals surface area contributed by atoms with Gasteiger partial charge in [0.1, 0.15) is 0 Å². The molecule has 1 aromatic heterocycles. The van der Waals surface area contributed by atoms with Gasteiger partial charge in [-0.1, -0.05) is 27.5 Å². The molecule has 0 unspecified atom stereocenters. The van der Waals surface area contributed by atoms with E-state index in [0.717, 1.165) is 15.9 Å². The summed E-state index contributed by atoms with van der Waals surface area (Å²) in [6.45, 7) is 0. The monoisotopic (exact) mass is 402 g/mol. The molecule has 6 heteroatoms. The van der Waals surface area contributed by atoms with Crippen LogP contribution in [0.25, 0.3) is 5.69 Å². The van der Waals surface area contributed by atoms with Crippen molar-refractivity contribution in [3.05, 3.63) is 81.5 Å². The highest BCUT2D eigenvalue weighted by Gasteiger charge is 2.07. The van der Waals surface area contributed by atoms with E-state index in [1.165, 1.54) is 18.2 Å². The van der Waals surface area contributed by atoms with Gasteiger partial charge in [-0.3, -0.25) is 4.99 Å². The van der Waals surface area contributed by atoms with Gasteiger partial charge in [0, 0.05) is 16.4 Å². The zero-order valence-corrected chi connectivity index (χ0v) is 14.7. The first-order valence-corrected chi connectivity index (χ1v) is 8.22. The lowest BCUT2D eigenvalue weighted by Crippen LogP contribution is -1.98. The van der Waals surface area contributed by atoms with Crippen LogP contribution in [0.2, 0.25) is 5.02 Å². The van der Waals surface area contributed by atoms with Crippen molar-refractivity contribution < 1.29 is 9.90 Å². The lowest BCUT2D eigenvalue weighted by atomic mass is 10.2. The van der Waals surface area contributed by atoms with Crippen LogP contribution < -0.4 is 0 Å². The highest BCUT2D eigenvalue weighted by Crippen LogP contribution is 2.26. The largest absolute Gasteiger partial charge is 0.478 e. The highest BCUT2D eigenvalue weighted by molar-refractivity contribution is 9.10. The van der Waals surface area contributed by atoms with Crippen molar-refractivity contribution in [3.8, 4) is 5.69 Å². The predicted octanol–water partition coefficient (Wildman–Crippen LogP) is 5.34. The Kier molecular flexibility index (Phi) is 4.83. The Morgan fingerprint density at radius 3 is 2.62 bits per heavy atom. The molecule has 1 N–H and O–H groups in total. The van der Waals surface area contributed by atoms with Gasteiger partial charge < -0.3 is 9.67 Å². The average molecular weight is 404 g/mol. The van der Waals surface area contributed by atoms with Crippen LogP contribution in [0, 0.1) is 0 Å². The number of aromatic nitrogens is 1. The highest BCUT2D eigenvalue weighted by atomic mass is 79.9. The zero-order chi connectivity index (χ0) is 17.1. The summed E-state index contributed by atoms with van der Waals surface area (Å²) in [5.41, 5.74) is 2.42. The summed E-state index contributed by atoms with van der Waals surface area (Å²) in [6.07, 6.45) is 3.59. The molecule has 0 bridgehead atoms. The number of halogens is 2. The van der Waals surface area contributed by atoms with Gasteiger partial charge in [0.15, 0.2) is 0 Å². The number of aromatic carboxylic acids is 1. The van der Waals surface area contributed by atoms with Gasteiger partial charge in [0.25, 0.3) is 0 Å². The topological polar surface area (TPSA) is 54.6 Å². The summed E-state index contributed by atoms with van der Waals surface area (Å²) in [6, 6.07) is 16.2. The van der Waals surface area contributed by atoms with Gasteiger partial charge in [-0.2, -0.15) is 0 Å². The van der Waals surface area contributed by atoms with Crippen molar-refractivity contribution in [2.75, 3.05) is 0 Å². The minimum Gasteiger partial charge on any atom is -0.478 e. The SMILES string of the molecule is O=C(O)c1ccc(Cl)c(N=Cc2cccn2-c2ccc(Br)cc2)c1. The molecule has 0 saturated carbocycles. The van der Waals surface area contributed by atoms with Crippen molar-refractivity contribution in [2.24, 2.45) is 4.99 Å². The summed E-state index contributed by atoms with van der Waals surface area (Å²) in [5, 5.41) is 9.47. The molecule has 1 heterocycles. The second-order valence-electron chi connectivity index (χ2n) is 5.01. The van der Waals surface area contributed by atoms with Crippen molar-refractivity contribution in [1.82, 2.24) is 4.57 Å². The molecule has 4 nitrogen and oxygen atoms in total. The van der Waals surface area contributed by atoms with Crippen LogP contribution in [-0.2, 0) is 0 Å². The minimum absolute atomic E-state index is 0.148. The molecule has 0 aliphatic heterocycles. The fourth-order valence-corrected chi connectivity index (χ4v) is 2.65. The number of carboxylic acids is 1. The minimum atomic E-state index is -1.01. The fraction of sp³-hybridized carbons (Fsp3) is 0. The Balaban J connectivity index is 1.94. The molecule has 2 aromatic carbocycles. The number of carbonyl (C=O) groups is 1. The molecule has 0 aliphatic carbocycles. The number of hydrogen-bond donors (Lipinski definition) is 1. The number of rotatable bonds is 4. The van der Waals surface area contributed by atoms with E-state index in [-0.39, 0.29) is 5.56 Å². The second-order valence-corrected chi connectivity index (χ2v) is 6.33. The molecule has 24 heavy (non-hydrogen) atoms. The normalized spacial score (nSPS) is 11.1. The first-order chi connectivity index (χ1) is 11.5. The molecule has 3 aromatic rings. The number of hydrogen-bond acceptors (Lipinski definition) is 2. The molecular weight excluding hydrogens is 392 g/mol. The van der Waals surface area contributed by atoms with Gasteiger partial charge in [-0.05, 0) is 54.6 Å². The third-order valence-corrected chi connectivity index (χ3v) is 4.26. The molecule has 120 valence electrons. The maximum absolute atomic E-state index is 11.1. The van der Waals surface area contributed by atoms with Crippen LogP contribution >= 0.6 is 27.5 Å². The van der Waals surface area contributed by atoms with Crippen LogP contribution in [0.5, 0.6) is 0 Å². The molecule has 0 atom stereocenters. The van der Waals surface area contributed by atoms with Crippen molar-refractivity contribution in [3.63, 3.8) is 0 Å². The zero-order valence-electron chi connectivity index (χ0n) is 12.4. The molecule has 3 rings (SSSR count). The lowest BCUT2D eigenvalue weighted by molar-refractivity contribution is 0.0697. The first kappa shape index (κ1) is 16.5. The maximum atomic E-state index is 11.1.